The Hall–Kier alpha value is -0.590. The Bertz CT molecular complexity index is 387. The maximum Gasteiger partial charge on any atom is 0.348 e. The molecule has 0 fully saturated rings. The predicted octanol–water partition coefficient (Wildman–Crippen LogP) is 2.09. The number of hydrogen-bond donors (Lipinski definition) is 1. The summed E-state index contributed by atoms with van der Waals surface area (Å²) in [7, 11) is 1.37. The molecule has 0 bridgehead atoms. The topological polar surface area (TPSA) is 52.3 Å². The molecule has 0 unspecified atom stereocenters. The van der Waals surface area contributed by atoms with Crippen molar-refractivity contribution in [3.63, 3.8) is 0 Å². The molecule has 1 heterocycles. The zero-order chi connectivity index (χ0) is 11.4. The lowest BCUT2D eigenvalue weighted by molar-refractivity contribution is 0.0606. The smallest absolute Gasteiger partial charge is 0.348 e. The van der Waals surface area contributed by atoms with Crippen LogP contribution >= 0.6 is 35.3 Å². The summed E-state index contributed by atoms with van der Waals surface area (Å²) < 4.78 is 5.71. The van der Waals surface area contributed by atoms with Crippen molar-refractivity contribution in [3.05, 3.63) is 16.5 Å². The van der Waals surface area contributed by atoms with Crippen molar-refractivity contribution in [2.24, 2.45) is 5.73 Å². The molecular formula is C9H11NO2S3. The van der Waals surface area contributed by atoms with Crippen LogP contribution in [0.1, 0.15) is 15.2 Å². The van der Waals surface area contributed by atoms with E-state index in [2.05, 4.69) is 4.74 Å². The molecule has 0 spiro atoms. The van der Waals surface area contributed by atoms with Crippen LogP contribution in [0.4, 0.5) is 0 Å². The number of thioether (sulfide) groups is 1. The fraction of sp³-hybridized carbons (Fsp3) is 0.333. The Balaban J connectivity index is 2.99. The van der Waals surface area contributed by atoms with Crippen LogP contribution in [-0.4, -0.2) is 24.3 Å². The Morgan fingerprint density at radius 2 is 2.40 bits per heavy atom. The van der Waals surface area contributed by atoms with E-state index in [1.165, 1.54) is 18.4 Å². The minimum absolute atomic E-state index is 0.315. The van der Waals surface area contributed by atoms with Crippen molar-refractivity contribution in [1.82, 2.24) is 0 Å². The summed E-state index contributed by atoms with van der Waals surface area (Å²) in [6.07, 6.45) is 2.48. The van der Waals surface area contributed by atoms with Gasteiger partial charge in [-0.05, 0) is 17.9 Å². The van der Waals surface area contributed by atoms with E-state index in [4.69, 9.17) is 18.0 Å². The minimum Gasteiger partial charge on any atom is -0.465 e. The van der Waals surface area contributed by atoms with E-state index in [0.29, 0.717) is 16.3 Å². The molecule has 2 N–H and O–H groups in total. The van der Waals surface area contributed by atoms with Gasteiger partial charge in [0.05, 0.1) is 16.3 Å². The van der Waals surface area contributed by atoms with Gasteiger partial charge in [-0.25, -0.2) is 4.79 Å². The lowest BCUT2D eigenvalue weighted by atomic mass is 10.2. The first-order valence-corrected chi connectivity index (χ1v) is 6.56. The molecule has 6 heteroatoms. The Morgan fingerprint density at radius 1 is 1.73 bits per heavy atom. The van der Waals surface area contributed by atoms with Crippen molar-refractivity contribution >= 4 is 46.3 Å². The lowest BCUT2D eigenvalue weighted by Gasteiger charge is -1.97. The van der Waals surface area contributed by atoms with E-state index in [-0.39, 0.29) is 5.97 Å². The second-order valence-corrected chi connectivity index (χ2v) is 5.41. The van der Waals surface area contributed by atoms with E-state index in [1.807, 2.05) is 6.26 Å². The highest BCUT2D eigenvalue weighted by Gasteiger charge is 2.14. The number of esters is 1. The predicted molar refractivity (Wildman–Crippen MR) is 67.9 cm³/mol. The molecule has 15 heavy (non-hydrogen) atoms. The van der Waals surface area contributed by atoms with Crippen LogP contribution in [0.15, 0.2) is 10.3 Å². The monoisotopic (exact) mass is 261 g/mol. The minimum atomic E-state index is -0.315. The molecule has 82 valence electrons. The lowest BCUT2D eigenvalue weighted by Crippen LogP contribution is -2.10. The van der Waals surface area contributed by atoms with E-state index >= 15 is 0 Å². The molecule has 1 rings (SSSR count). The van der Waals surface area contributed by atoms with Crippen LogP contribution < -0.4 is 5.73 Å². The fourth-order valence-electron chi connectivity index (χ4n) is 1.10. The number of thiocarbonyl (C=S) groups is 1. The van der Waals surface area contributed by atoms with Crippen molar-refractivity contribution in [2.45, 2.75) is 10.6 Å². The maximum absolute atomic E-state index is 11.3. The molecule has 0 aromatic carbocycles. The zero-order valence-electron chi connectivity index (χ0n) is 8.40. The van der Waals surface area contributed by atoms with Gasteiger partial charge in [-0.3, -0.25) is 0 Å². The van der Waals surface area contributed by atoms with Crippen LogP contribution in [0, 0.1) is 0 Å². The van der Waals surface area contributed by atoms with E-state index in [1.54, 1.807) is 17.8 Å². The summed E-state index contributed by atoms with van der Waals surface area (Å²) in [6, 6.07) is 1.79. The first-order chi connectivity index (χ1) is 7.08. The van der Waals surface area contributed by atoms with Crippen LogP contribution in [0.5, 0.6) is 0 Å². The number of thiophene rings is 1. The van der Waals surface area contributed by atoms with Gasteiger partial charge in [-0.1, -0.05) is 12.2 Å². The summed E-state index contributed by atoms with van der Waals surface area (Å²) >= 11 is 7.83. The standard InChI is InChI=1S/C9H11NO2S3/c1-12-8(11)6-3-5(4-7(10)13)9(14-2)15-6/h3H,4H2,1-2H3,(H2,10,13). The van der Waals surface area contributed by atoms with Crippen molar-refractivity contribution in [1.29, 1.82) is 0 Å². The third kappa shape index (κ3) is 3.19. The number of carbonyl (C=O) groups excluding carboxylic acids is 1. The highest BCUT2D eigenvalue weighted by atomic mass is 32.2. The fourth-order valence-corrected chi connectivity index (χ4v) is 3.08. The third-order valence-corrected chi connectivity index (χ3v) is 4.19. The van der Waals surface area contributed by atoms with Crippen molar-refractivity contribution in [3.8, 4) is 0 Å². The second-order valence-electron chi connectivity index (χ2n) is 2.76. The van der Waals surface area contributed by atoms with Gasteiger partial charge in [-0.15, -0.1) is 23.1 Å². The van der Waals surface area contributed by atoms with Gasteiger partial charge >= 0.3 is 5.97 Å². The van der Waals surface area contributed by atoms with Crippen LogP contribution in [0.2, 0.25) is 0 Å². The van der Waals surface area contributed by atoms with E-state index in [9.17, 15) is 4.79 Å². The van der Waals surface area contributed by atoms with Gasteiger partial charge in [0.1, 0.15) is 4.88 Å². The molecule has 0 saturated heterocycles. The molecule has 0 aliphatic carbocycles. The van der Waals surface area contributed by atoms with Gasteiger partial charge in [-0.2, -0.15) is 0 Å². The van der Waals surface area contributed by atoms with Gasteiger partial charge in [0.15, 0.2) is 0 Å². The number of carbonyl (C=O) groups is 1. The molecule has 1 aromatic rings. The Morgan fingerprint density at radius 3 is 2.87 bits per heavy atom. The largest absolute Gasteiger partial charge is 0.465 e. The highest BCUT2D eigenvalue weighted by Crippen LogP contribution is 2.31. The molecule has 0 aliphatic heterocycles. The molecule has 1 aromatic heterocycles. The van der Waals surface area contributed by atoms with Crippen molar-refractivity contribution in [2.75, 3.05) is 13.4 Å². The highest BCUT2D eigenvalue weighted by molar-refractivity contribution is 8.00. The average Bonchev–Trinajstić information content (AvgIpc) is 2.59. The zero-order valence-corrected chi connectivity index (χ0v) is 10.9. The van der Waals surface area contributed by atoms with Crippen molar-refractivity contribution < 1.29 is 9.53 Å². The van der Waals surface area contributed by atoms with Crippen LogP contribution in [0.3, 0.4) is 0 Å². The van der Waals surface area contributed by atoms with Gasteiger partial charge in [0, 0.05) is 6.42 Å². The quantitative estimate of drug-likeness (QED) is 0.511. The molecule has 0 atom stereocenters. The maximum atomic E-state index is 11.3. The van der Waals surface area contributed by atoms with Gasteiger partial charge in [0.25, 0.3) is 0 Å². The number of rotatable bonds is 4. The van der Waals surface area contributed by atoms with E-state index < -0.39 is 0 Å². The number of hydrogen-bond acceptors (Lipinski definition) is 5. The molecule has 3 nitrogen and oxygen atoms in total. The summed E-state index contributed by atoms with van der Waals surface area (Å²) in [6.45, 7) is 0. The Labute approximate surface area is 102 Å². The second kappa shape index (κ2) is 5.48. The van der Waals surface area contributed by atoms with Crippen LogP contribution in [-0.2, 0) is 11.2 Å². The molecule has 0 amide bonds. The summed E-state index contributed by atoms with van der Waals surface area (Å²) in [5, 5.41) is 0. The summed E-state index contributed by atoms with van der Waals surface area (Å²) in [4.78, 5) is 12.3. The van der Waals surface area contributed by atoms with E-state index in [0.717, 1.165) is 9.77 Å². The third-order valence-electron chi connectivity index (χ3n) is 1.71. The molecule has 0 radical (unpaired) electrons. The average molecular weight is 261 g/mol. The summed E-state index contributed by atoms with van der Waals surface area (Å²) in [5.74, 6) is -0.315. The molecular weight excluding hydrogens is 250 g/mol. The van der Waals surface area contributed by atoms with Gasteiger partial charge < -0.3 is 10.5 Å². The molecule has 0 aliphatic rings. The first kappa shape index (κ1) is 12.5. The van der Waals surface area contributed by atoms with Crippen LogP contribution in [0.25, 0.3) is 0 Å². The first-order valence-electron chi connectivity index (χ1n) is 4.11. The number of ether oxygens (including phenoxy) is 1. The normalized spacial score (nSPS) is 10.0. The molecule has 0 saturated carbocycles. The SMILES string of the molecule is COC(=O)c1cc(CC(N)=S)c(SC)s1. The number of methoxy groups -OCH3 is 1. The van der Waals surface area contributed by atoms with Gasteiger partial charge in [0.2, 0.25) is 0 Å². The summed E-state index contributed by atoms with van der Waals surface area (Å²) in [5.41, 5.74) is 6.48. The Kier molecular flexibility index (Phi) is 4.56. The number of nitrogens with two attached hydrogens (primary N) is 1.